The Morgan fingerprint density at radius 2 is 1.91 bits per heavy atom. The van der Waals surface area contributed by atoms with Crippen LogP contribution >= 0.6 is 0 Å². The fourth-order valence-electron chi connectivity index (χ4n) is 4.08. The van der Waals surface area contributed by atoms with E-state index < -0.39 is 0 Å². The molecule has 1 aliphatic heterocycles. The first-order valence-corrected chi connectivity index (χ1v) is 11.2. The number of nitrogens with one attached hydrogen (secondary N) is 1. The summed E-state index contributed by atoms with van der Waals surface area (Å²) < 4.78 is 6.19. The van der Waals surface area contributed by atoms with E-state index in [1.807, 2.05) is 60.9 Å². The summed E-state index contributed by atoms with van der Waals surface area (Å²) in [6.07, 6.45) is 8.73. The van der Waals surface area contributed by atoms with Crippen molar-refractivity contribution in [3.8, 4) is 5.75 Å². The zero-order chi connectivity index (χ0) is 22.2. The average Bonchev–Trinajstić information content (AvgIpc) is 2.85. The van der Waals surface area contributed by atoms with E-state index in [-0.39, 0.29) is 12.0 Å². The van der Waals surface area contributed by atoms with Crippen molar-refractivity contribution in [2.45, 2.75) is 44.9 Å². The molecule has 1 aliphatic rings. The van der Waals surface area contributed by atoms with Crippen LogP contribution in [0, 0.1) is 0 Å². The molecule has 0 unspecified atom stereocenters. The van der Waals surface area contributed by atoms with Crippen molar-refractivity contribution in [3.63, 3.8) is 0 Å². The number of nitrogens with zero attached hydrogens (tertiary/aromatic N) is 3. The maximum atomic E-state index is 12.4. The number of aromatic nitrogens is 2. The van der Waals surface area contributed by atoms with Gasteiger partial charge in [0.05, 0.1) is 12.2 Å². The van der Waals surface area contributed by atoms with Crippen molar-refractivity contribution >= 4 is 5.91 Å². The quantitative estimate of drug-likeness (QED) is 0.587. The number of ether oxygens (including phenoxy) is 1. The molecule has 3 heterocycles. The Labute approximate surface area is 189 Å². The highest BCUT2D eigenvalue weighted by molar-refractivity contribution is 5.94. The minimum atomic E-state index is -0.113. The van der Waals surface area contributed by atoms with Gasteiger partial charge in [-0.1, -0.05) is 12.1 Å². The van der Waals surface area contributed by atoms with Gasteiger partial charge in [-0.2, -0.15) is 0 Å². The Bertz CT molecular complexity index is 972. The van der Waals surface area contributed by atoms with Crippen LogP contribution in [0.2, 0.25) is 0 Å². The molecule has 1 aromatic carbocycles. The average molecular weight is 431 g/mol. The van der Waals surface area contributed by atoms with Gasteiger partial charge in [0.25, 0.3) is 5.91 Å². The summed E-state index contributed by atoms with van der Waals surface area (Å²) in [5, 5.41) is 2.90. The first kappa shape index (κ1) is 22.0. The SMILES string of the molecule is C[C@@H](Cc1cccnc1)N1CCC(Oc2ccc(C(=O)NCc3ccccn3)cc2)CC1. The predicted octanol–water partition coefficient (Wildman–Crippen LogP) is 3.88. The maximum Gasteiger partial charge on any atom is 0.251 e. The highest BCUT2D eigenvalue weighted by atomic mass is 16.5. The number of piperidine rings is 1. The molecule has 6 nitrogen and oxygen atoms in total. The second-order valence-corrected chi connectivity index (χ2v) is 8.30. The third-order valence-electron chi connectivity index (χ3n) is 5.93. The van der Waals surface area contributed by atoms with Crippen molar-refractivity contribution in [2.24, 2.45) is 0 Å². The van der Waals surface area contributed by atoms with Crippen LogP contribution in [0.15, 0.2) is 73.2 Å². The molecule has 1 saturated heterocycles. The minimum absolute atomic E-state index is 0.113. The lowest BCUT2D eigenvalue weighted by Crippen LogP contribution is -2.43. The lowest BCUT2D eigenvalue weighted by molar-refractivity contribution is 0.0798. The lowest BCUT2D eigenvalue weighted by atomic mass is 10.0. The highest BCUT2D eigenvalue weighted by Gasteiger charge is 2.24. The van der Waals surface area contributed by atoms with Gasteiger partial charge in [0.2, 0.25) is 0 Å². The molecule has 32 heavy (non-hydrogen) atoms. The van der Waals surface area contributed by atoms with Gasteiger partial charge in [0, 0.05) is 43.3 Å². The summed E-state index contributed by atoms with van der Waals surface area (Å²) >= 11 is 0. The smallest absolute Gasteiger partial charge is 0.251 e. The number of likely N-dealkylation sites (tertiary alicyclic amines) is 1. The second kappa shape index (κ2) is 10.9. The predicted molar refractivity (Wildman–Crippen MR) is 124 cm³/mol. The molecule has 166 valence electrons. The molecule has 1 N–H and O–H groups in total. The molecule has 2 aromatic heterocycles. The molecule has 0 radical (unpaired) electrons. The Balaban J connectivity index is 1.21. The summed E-state index contributed by atoms with van der Waals surface area (Å²) in [6.45, 7) is 4.75. The standard InChI is InChI=1S/C26H30N4O2/c1-20(17-21-5-4-13-27-18-21)30-15-11-25(12-16-30)32-24-9-7-22(8-10-24)26(31)29-19-23-6-2-3-14-28-23/h2-10,13-14,18,20,25H,11-12,15-17,19H2,1H3,(H,29,31)/t20-/m0/s1. The number of hydrogen-bond acceptors (Lipinski definition) is 5. The van der Waals surface area contributed by atoms with Crippen LogP contribution in [-0.4, -0.2) is 46.0 Å². The van der Waals surface area contributed by atoms with Gasteiger partial charge in [-0.15, -0.1) is 0 Å². The normalized spacial score (nSPS) is 15.8. The van der Waals surface area contributed by atoms with Crippen LogP contribution in [-0.2, 0) is 13.0 Å². The van der Waals surface area contributed by atoms with Gasteiger partial charge in [-0.05, 0) is 74.2 Å². The van der Waals surface area contributed by atoms with E-state index in [0.29, 0.717) is 18.2 Å². The van der Waals surface area contributed by atoms with E-state index in [9.17, 15) is 4.79 Å². The van der Waals surface area contributed by atoms with E-state index in [4.69, 9.17) is 4.74 Å². The number of pyridine rings is 2. The Kier molecular flexibility index (Phi) is 7.46. The molecule has 1 atom stereocenters. The van der Waals surface area contributed by atoms with Gasteiger partial charge in [0.15, 0.2) is 0 Å². The van der Waals surface area contributed by atoms with Crippen molar-refractivity contribution in [1.82, 2.24) is 20.2 Å². The summed E-state index contributed by atoms with van der Waals surface area (Å²) in [4.78, 5) is 23.3. The number of carbonyl (C=O) groups is 1. The van der Waals surface area contributed by atoms with E-state index in [2.05, 4.69) is 33.2 Å². The van der Waals surface area contributed by atoms with Crippen LogP contribution in [0.4, 0.5) is 0 Å². The van der Waals surface area contributed by atoms with E-state index in [0.717, 1.165) is 43.8 Å². The Morgan fingerprint density at radius 1 is 1.09 bits per heavy atom. The molecule has 0 aliphatic carbocycles. The number of amides is 1. The van der Waals surface area contributed by atoms with Crippen LogP contribution in [0.1, 0.15) is 41.4 Å². The largest absolute Gasteiger partial charge is 0.490 e. The molecule has 1 amide bonds. The maximum absolute atomic E-state index is 12.4. The van der Waals surface area contributed by atoms with Crippen molar-refractivity contribution < 1.29 is 9.53 Å². The molecule has 4 rings (SSSR count). The Morgan fingerprint density at radius 3 is 2.59 bits per heavy atom. The molecular formula is C26H30N4O2. The fraction of sp³-hybridized carbons (Fsp3) is 0.346. The van der Waals surface area contributed by atoms with Crippen LogP contribution in [0.3, 0.4) is 0 Å². The topological polar surface area (TPSA) is 67.4 Å². The number of benzene rings is 1. The van der Waals surface area contributed by atoms with Gasteiger partial charge in [-0.25, -0.2) is 0 Å². The second-order valence-electron chi connectivity index (χ2n) is 8.30. The lowest BCUT2D eigenvalue weighted by Gasteiger charge is -2.36. The number of carbonyl (C=O) groups excluding carboxylic acids is 1. The summed E-state index contributed by atoms with van der Waals surface area (Å²) in [5.74, 6) is 0.700. The summed E-state index contributed by atoms with van der Waals surface area (Å²) in [6, 6.07) is 17.7. The molecular weight excluding hydrogens is 400 g/mol. The molecule has 0 saturated carbocycles. The zero-order valence-corrected chi connectivity index (χ0v) is 18.5. The van der Waals surface area contributed by atoms with Gasteiger partial charge >= 0.3 is 0 Å². The van der Waals surface area contributed by atoms with Gasteiger partial charge < -0.3 is 15.0 Å². The van der Waals surface area contributed by atoms with Crippen LogP contribution in [0.25, 0.3) is 0 Å². The molecule has 0 spiro atoms. The van der Waals surface area contributed by atoms with Crippen molar-refractivity contribution in [1.29, 1.82) is 0 Å². The highest BCUT2D eigenvalue weighted by Crippen LogP contribution is 2.21. The summed E-state index contributed by atoms with van der Waals surface area (Å²) in [7, 11) is 0. The molecule has 6 heteroatoms. The number of rotatable bonds is 8. The molecule has 0 bridgehead atoms. The Hall–Kier alpha value is -3.25. The van der Waals surface area contributed by atoms with Crippen molar-refractivity contribution in [3.05, 3.63) is 90.0 Å². The first-order valence-electron chi connectivity index (χ1n) is 11.2. The minimum Gasteiger partial charge on any atom is -0.490 e. The first-order chi connectivity index (χ1) is 15.7. The number of hydrogen-bond donors (Lipinski definition) is 1. The van der Waals surface area contributed by atoms with Crippen molar-refractivity contribution in [2.75, 3.05) is 13.1 Å². The summed E-state index contributed by atoms with van der Waals surface area (Å²) in [5.41, 5.74) is 2.73. The van der Waals surface area contributed by atoms with Crippen LogP contribution < -0.4 is 10.1 Å². The van der Waals surface area contributed by atoms with E-state index in [1.54, 1.807) is 6.20 Å². The molecule has 3 aromatic rings. The van der Waals surface area contributed by atoms with Gasteiger partial charge in [0.1, 0.15) is 11.9 Å². The van der Waals surface area contributed by atoms with Crippen LogP contribution in [0.5, 0.6) is 5.75 Å². The van der Waals surface area contributed by atoms with Gasteiger partial charge in [-0.3, -0.25) is 14.8 Å². The molecule has 1 fully saturated rings. The van der Waals surface area contributed by atoms with E-state index >= 15 is 0 Å². The third kappa shape index (κ3) is 6.14. The van der Waals surface area contributed by atoms with E-state index in [1.165, 1.54) is 5.56 Å². The third-order valence-corrected chi connectivity index (χ3v) is 5.93. The fourth-order valence-corrected chi connectivity index (χ4v) is 4.08. The zero-order valence-electron chi connectivity index (χ0n) is 18.5. The monoisotopic (exact) mass is 430 g/mol.